The fourth-order valence-corrected chi connectivity index (χ4v) is 4.21. The minimum atomic E-state index is -0.313. The normalized spacial score (nSPS) is 17.3. The van der Waals surface area contributed by atoms with Crippen molar-refractivity contribution in [2.75, 3.05) is 11.5 Å². The van der Waals surface area contributed by atoms with E-state index in [1.54, 1.807) is 11.3 Å². The van der Waals surface area contributed by atoms with E-state index >= 15 is 0 Å². The number of hydrogen-bond donors (Lipinski definition) is 1. The van der Waals surface area contributed by atoms with Crippen molar-refractivity contribution >= 4 is 40.3 Å². The first-order chi connectivity index (χ1) is 12.4. The van der Waals surface area contributed by atoms with Gasteiger partial charge in [-0.25, -0.2) is 4.79 Å². The highest BCUT2D eigenvalue weighted by Gasteiger charge is 2.35. The number of nitrogens with zero attached hydrogens (tertiary/aromatic N) is 1. The predicted molar refractivity (Wildman–Crippen MR) is 111 cm³/mol. The van der Waals surface area contributed by atoms with E-state index in [9.17, 15) is 4.79 Å². The van der Waals surface area contributed by atoms with Gasteiger partial charge in [0.1, 0.15) is 0 Å². The molecule has 0 radical (unpaired) electrons. The summed E-state index contributed by atoms with van der Waals surface area (Å²) in [5.41, 5.74) is 4.73. The van der Waals surface area contributed by atoms with Crippen molar-refractivity contribution in [2.45, 2.75) is 33.7 Å². The van der Waals surface area contributed by atoms with Crippen molar-refractivity contribution in [3.05, 3.63) is 63.0 Å². The van der Waals surface area contributed by atoms with Crippen LogP contribution in [0.3, 0.4) is 0 Å². The average molecular weight is 387 g/mol. The second-order valence-corrected chi connectivity index (χ2v) is 7.59. The molecule has 0 amide bonds. The summed E-state index contributed by atoms with van der Waals surface area (Å²) in [6.07, 6.45) is 0. The Kier molecular flexibility index (Phi) is 5.44. The number of hydrogen-bond acceptors (Lipinski definition) is 4. The van der Waals surface area contributed by atoms with Gasteiger partial charge in [0.15, 0.2) is 5.11 Å². The van der Waals surface area contributed by atoms with Gasteiger partial charge in [0, 0.05) is 16.3 Å². The smallest absolute Gasteiger partial charge is 0.338 e. The summed E-state index contributed by atoms with van der Waals surface area (Å²) >= 11 is 7.24. The van der Waals surface area contributed by atoms with Crippen LogP contribution in [0.25, 0.3) is 0 Å². The average Bonchev–Trinajstić information content (AvgIpc) is 3.12. The van der Waals surface area contributed by atoms with E-state index in [4.69, 9.17) is 17.0 Å². The molecule has 0 aliphatic carbocycles. The molecule has 26 heavy (non-hydrogen) atoms. The van der Waals surface area contributed by atoms with Gasteiger partial charge < -0.3 is 10.1 Å². The second-order valence-electron chi connectivity index (χ2n) is 6.22. The molecule has 1 N–H and O–H groups in total. The highest BCUT2D eigenvalue weighted by Crippen LogP contribution is 2.36. The molecular weight excluding hydrogens is 364 g/mol. The Bertz CT molecular complexity index is 872. The Labute approximate surface area is 163 Å². The van der Waals surface area contributed by atoms with Crippen LogP contribution < -0.4 is 10.2 Å². The molecular formula is C20H22N2O2S2. The van der Waals surface area contributed by atoms with Crippen LogP contribution in [0.15, 0.2) is 47.0 Å². The second kappa shape index (κ2) is 7.60. The van der Waals surface area contributed by atoms with Gasteiger partial charge in [0.25, 0.3) is 0 Å². The van der Waals surface area contributed by atoms with Crippen molar-refractivity contribution in [3.63, 3.8) is 0 Å². The molecule has 4 nitrogen and oxygen atoms in total. The quantitative estimate of drug-likeness (QED) is 0.612. The van der Waals surface area contributed by atoms with Crippen molar-refractivity contribution in [3.8, 4) is 0 Å². The Morgan fingerprint density at radius 3 is 2.65 bits per heavy atom. The van der Waals surface area contributed by atoms with Crippen LogP contribution in [-0.4, -0.2) is 17.7 Å². The summed E-state index contributed by atoms with van der Waals surface area (Å²) in [5, 5.41) is 5.90. The van der Waals surface area contributed by atoms with E-state index in [2.05, 4.69) is 31.3 Å². The number of anilines is 1. The number of thiophene rings is 1. The first-order valence-corrected chi connectivity index (χ1v) is 9.82. The van der Waals surface area contributed by atoms with Gasteiger partial charge in [-0.15, -0.1) is 11.3 Å². The Hall–Kier alpha value is -2.18. The third kappa shape index (κ3) is 3.39. The summed E-state index contributed by atoms with van der Waals surface area (Å²) in [4.78, 5) is 15.7. The largest absolute Gasteiger partial charge is 0.463 e. The highest BCUT2D eigenvalue weighted by molar-refractivity contribution is 7.80. The standard InChI is InChI=1S/C20H22N2O2S2/c1-5-24-19(23)17-14(4)22(15-9-8-12(2)13(3)11-15)20(25)21-18(17)16-7-6-10-26-16/h6-11,18H,5H2,1-4H3,(H,21,25)/t18-/m0/s1. The number of carbonyl (C=O) groups is 1. The Morgan fingerprint density at radius 1 is 1.27 bits per heavy atom. The molecule has 0 fully saturated rings. The van der Waals surface area contributed by atoms with Crippen LogP contribution in [0.5, 0.6) is 0 Å². The lowest BCUT2D eigenvalue weighted by atomic mass is 9.99. The first-order valence-electron chi connectivity index (χ1n) is 8.53. The van der Waals surface area contributed by atoms with E-state index in [1.165, 1.54) is 11.1 Å². The number of nitrogens with one attached hydrogen (secondary N) is 1. The molecule has 1 aliphatic heterocycles. The molecule has 0 saturated heterocycles. The first kappa shape index (κ1) is 18.6. The molecule has 2 heterocycles. The number of carbonyl (C=O) groups excluding carboxylic acids is 1. The van der Waals surface area contributed by atoms with Gasteiger partial charge in [-0.05, 0) is 74.6 Å². The molecule has 1 aliphatic rings. The van der Waals surface area contributed by atoms with E-state index in [-0.39, 0.29) is 12.0 Å². The van der Waals surface area contributed by atoms with Crippen LogP contribution in [-0.2, 0) is 9.53 Å². The van der Waals surface area contributed by atoms with Crippen molar-refractivity contribution in [1.29, 1.82) is 0 Å². The summed E-state index contributed by atoms with van der Waals surface area (Å²) in [6, 6.07) is 9.86. The molecule has 0 unspecified atom stereocenters. The third-order valence-electron chi connectivity index (χ3n) is 4.56. The third-order valence-corrected chi connectivity index (χ3v) is 5.79. The van der Waals surface area contributed by atoms with E-state index in [0.717, 1.165) is 16.3 Å². The highest BCUT2D eigenvalue weighted by atomic mass is 32.1. The van der Waals surface area contributed by atoms with Crippen LogP contribution >= 0.6 is 23.6 Å². The number of ether oxygens (including phenoxy) is 1. The minimum absolute atomic E-state index is 0.288. The molecule has 0 bridgehead atoms. The number of benzene rings is 1. The number of allylic oxidation sites excluding steroid dienone is 1. The van der Waals surface area contributed by atoms with E-state index in [0.29, 0.717) is 17.3 Å². The molecule has 1 aromatic heterocycles. The maximum Gasteiger partial charge on any atom is 0.338 e. The van der Waals surface area contributed by atoms with E-state index < -0.39 is 0 Å². The number of thiocarbonyl (C=S) groups is 1. The lowest BCUT2D eigenvalue weighted by molar-refractivity contribution is -0.139. The molecule has 2 aromatic rings. The summed E-state index contributed by atoms with van der Waals surface area (Å²) in [6.45, 7) is 8.22. The monoisotopic (exact) mass is 386 g/mol. The van der Waals surface area contributed by atoms with Crippen LogP contribution in [0, 0.1) is 13.8 Å². The van der Waals surface area contributed by atoms with Crippen molar-refractivity contribution < 1.29 is 9.53 Å². The fraction of sp³-hybridized carbons (Fsp3) is 0.300. The molecule has 0 spiro atoms. The Morgan fingerprint density at radius 2 is 2.04 bits per heavy atom. The molecule has 1 aromatic carbocycles. The number of aryl methyl sites for hydroxylation is 2. The molecule has 6 heteroatoms. The van der Waals surface area contributed by atoms with Gasteiger partial charge in [0.2, 0.25) is 0 Å². The van der Waals surface area contributed by atoms with Gasteiger partial charge in [0.05, 0.1) is 18.2 Å². The summed E-state index contributed by atoms with van der Waals surface area (Å²) < 4.78 is 5.34. The maximum atomic E-state index is 12.7. The zero-order chi connectivity index (χ0) is 18.8. The lowest BCUT2D eigenvalue weighted by Crippen LogP contribution is -2.48. The number of rotatable bonds is 4. The van der Waals surface area contributed by atoms with Crippen LogP contribution in [0.4, 0.5) is 5.69 Å². The summed E-state index contributed by atoms with van der Waals surface area (Å²) in [5.74, 6) is -0.313. The lowest BCUT2D eigenvalue weighted by Gasteiger charge is -2.37. The fourth-order valence-electron chi connectivity index (χ4n) is 3.06. The van der Waals surface area contributed by atoms with Crippen LogP contribution in [0.1, 0.15) is 35.9 Å². The van der Waals surface area contributed by atoms with Gasteiger partial charge in [-0.2, -0.15) is 0 Å². The number of esters is 1. The van der Waals surface area contributed by atoms with Crippen molar-refractivity contribution in [2.24, 2.45) is 0 Å². The minimum Gasteiger partial charge on any atom is -0.463 e. The zero-order valence-electron chi connectivity index (χ0n) is 15.3. The van der Waals surface area contributed by atoms with Gasteiger partial charge >= 0.3 is 5.97 Å². The molecule has 0 saturated carbocycles. The topological polar surface area (TPSA) is 41.6 Å². The molecule has 3 rings (SSSR count). The van der Waals surface area contributed by atoms with Gasteiger partial charge in [-0.1, -0.05) is 12.1 Å². The van der Waals surface area contributed by atoms with E-state index in [1.807, 2.05) is 42.3 Å². The summed E-state index contributed by atoms with van der Waals surface area (Å²) in [7, 11) is 0. The van der Waals surface area contributed by atoms with Gasteiger partial charge in [-0.3, -0.25) is 4.90 Å². The van der Waals surface area contributed by atoms with Crippen molar-refractivity contribution in [1.82, 2.24) is 5.32 Å². The SMILES string of the molecule is CCOC(=O)C1=C(C)N(c2ccc(C)c(C)c2)C(=S)N[C@H]1c1cccs1. The Balaban J connectivity index is 2.12. The van der Waals surface area contributed by atoms with Crippen LogP contribution in [0.2, 0.25) is 0 Å². The molecule has 136 valence electrons. The maximum absolute atomic E-state index is 12.7. The predicted octanol–water partition coefficient (Wildman–Crippen LogP) is 4.64. The zero-order valence-corrected chi connectivity index (χ0v) is 17.0. The molecule has 1 atom stereocenters.